The van der Waals surface area contributed by atoms with Crippen LogP contribution < -0.4 is 36.7 Å². The van der Waals surface area contributed by atoms with Crippen molar-refractivity contribution in [2.75, 3.05) is 0 Å². The van der Waals surface area contributed by atoms with Crippen LogP contribution in [-0.2, 0) is 4.57 Å². The van der Waals surface area contributed by atoms with Crippen molar-refractivity contribution in [3.8, 4) is 11.3 Å². The molecule has 0 atom stereocenters. The third-order valence-electron chi connectivity index (χ3n) is 7.57. The fourth-order valence-corrected chi connectivity index (χ4v) is 19.7. The van der Waals surface area contributed by atoms with Crippen molar-refractivity contribution in [1.82, 2.24) is 4.98 Å². The lowest BCUT2D eigenvalue weighted by Gasteiger charge is -2.46. The number of benzene rings is 3. The lowest BCUT2D eigenvalue weighted by Crippen LogP contribution is -2.76. The summed E-state index contributed by atoms with van der Waals surface area (Å²) in [6.45, 7) is 9.68. The first-order valence-corrected chi connectivity index (χ1v) is 18.9. The molecule has 3 aromatic carbocycles. The summed E-state index contributed by atoms with van der Waals surface area (Å²) in [5.41, 5.74) is 2.15. The topological polar surface area (TPSA) is 30.0 Å². The maximum absolute atomic E-state index is 15.4. The molecular formula is C27H26NOPSi2. The van der Waals surface area contributed by atoms with Crippen molar-refractivity contribution in [3.63, 3.8) is 0 Å². The molecular weight excluding hydrogens is 441 g/mol. The summed E-state index contributed by atoms with van der Waals surface area (Å²) in [7, 11) is -7.06. The third kappa shape index (κ3) is 2.41. The van der Waals surface area contributed by atoms with Crippen molar-refractivity contribution in [2.45, 2.75) is 26.2 Å². The zero-order valence-corrected chi connectivity index (χ0v) is 21.8. The molecule has 0 N–H and O–H groups in total. The fraction of sp³-hybridized carbons (Fsp3) is 0.148. The summed E-state index contributed by atoms with van der Waals surface area (Å²) in [5, 5.41) is 8.64. The van der Waals surface area contributed by atoms with Gasteiger partial charge in [-0.2, -0.15) is 0 Å². The molecule has 0 unspecified atom stereocenters. The molecule has 6 rings (SSSR count). The highest BCUT2D eigenvalue weighted by atomic mass is 31.2. The lowest BCUT2D eigenvalue weighted by atomic mass is 10.1. The normalized spacial score (nSPS) is 18.2. The molecule has 32 heavy (non-hydrogen) atoms. The summed E-state index contributed by atoms with van der Waals surface area (Å²) in [5.74, 6) is 0. The van der Waals surface area contributed by atoms with Crippen molar-refractivity contribution in [1.29, 1.82) is 0 Å². The maximum Gasteiger partial charge on any atom is 0.170 e. The second-order valence-corrected chi connectivity index (χ2v) is 21.3. The zero-order valence-electron chi connectivity index (χ0n) is 18.9. The van der Waals surface area contributed by atoms with Gasteiger partial charge in [0.15, 0.2) is 7.14 Å². The maximum atomic E-state index is 15.4. The van der Waals surface area contributed by atoms with Gasteiger partial charge in [-0.05, 0) is 38.4 Å². The van der Waals surface area contributed by atoms with E-state index in [1.54, 1.807) is 0 Å². The molecule has 0 radical (unpaired) electrons. The average molecular weight is 468 g/mol. The van der Waals surface area contributed by atoms with Crippen molar-refractivity contribution < 1.29 is 4.57 Å². The number of rotatable bonds is 1. The third-order valence-corrected chi connectivity index (χ3v) is 18.7. The highest BCUT2D eigenvalue weighted by Gasteiger charge is 2.53. The second-order valence-electron chi connectivity index (χ2n) is 10.0. The van der Waals surface area contributed by atoms with Gasteiger partial charge in [0.25, 0.3) is 0 Å². The molecule has 1 aromatic heterocycles. The largest absolute Gasteiger partial charge is 0.309 e. The Balaban J connectivity index is 1.82. The molecule has 0 saturated carbocycles. The van der Waals surface area contributed by atoms with Gasteiger partial charge < -0.3 is 4.57 Å². The monoisotopic (exact) mass is 467 g/mol. The van der Waals surface area contributed by atoms with Gasteiger partial charge in [-0.15, -0.1) is 0 Å². The lowest BCUT2D eigenvalue weighted by molar-refractivity contribution is 0.592. The van der Waals surface area contributed by atoms with E-state index in [0.717, 1.165) is 21.9 Å². The average Bonchev–Trinajstić information content (AvgIpc) is 2.82. The molecule has 0 amide bonds. The van der Waals surface area contributed by atoms with Crippen molar-refractivity contribution >= 4 is 60.0 Å². The first kappa shape index (κ1) is 20.1. The molecule has 0 fully saturated rings. The minimum atomic E-state index is -2.94. The van der Waals surface area contributed by atoms with E-state index in [4.69, 9.17) is 0 Å². The predicted molar refractivity (Wildman–Crippen MR) is 143 cm³/mol. The molecule has 0 saturated heterocycles. The molecule has 3 heterocycles. The SMILES string of the molecule is C[Si]1(C)c2ccccc2P2(=O)c3ccccc3[Si](C)(C)c3cc(-c4ccccn4)cc1c32. The molecule has 2 nitrogen and oxygen atoms in total. The van der Waals surface area contributed by atoms with E-state index in [0.29, 0.717) is 0 Å². The Hall–Kier alpha value is -2.53. The fourth-order valence-electron chi connectivity index (χ4n) is 5.82. The van der Waals surface area contributed by atoms with Gasteiger partial charge in [0.1, 0.15) is 16.1 Å². The van der Waals surface area contributed by atoms with Crippen LogP contribution in [0.3, 0.4) is 0 Å². The van der Waals surface area contributed by atoms with Crippen LogP contribution in [0, 0.1) is 0 Å². The Morgan fingerprint density at radius 2 is 1.16 bits per heavy atom. The smallest absolute Gasteiger partial charge is 0.170 e. The molecule has 0 bridgehead atoms. The van der Waals surface area contributed by atoms with Crippen LogP contribution in [0.5, 0.6) is 0 Å². The van der Waals surface area contributed by atoms with Gasteiger partial charge >= 0.3 is 0 Å². The molecule has 2 aliphatic rings. The number of fused-ring (bicyclic) bond motifs is 4. The van der Waals surface area contributed by atoms with Gasteiger partial charge in [0.2, 0.25) is 0 Å². The van der Waals surface area contributed by atoms with Crippen LogP contribution >= 0.6 is 7.14 Å². The van der Waals surface area contributed by atoms with E-state index in [1.807, 2.05) is 18.3 Å². The summed E-state index contributed by atoms with van der Waals surface area (Å²) in [4.78, 5) is 4.67. The van der Waals surface area contributed by atoms with Gasteiger partial charge in [-0.25, -0.2) is 0 Å². The van der Waals surface area contributed by atoms with Crippen LogP contribution in [-0.4, -0.2) is 21.1 Å². The van der Waals surface area contributed by atoms with Crippen LogP contribution in [0.4, 0.5) is 0 Å². The van der Waals surface area contributed by atoms with Gasteiger partial charge in [0, 0.05) is 22.1 Å². The minimum Gasteiger partial charge on any atom is -0.309 e. The molecule has 4 aromatic rings. The quantitative estimate of drug-likeness (QED) is 0.318. The van der Waals surface area contributed by atoms with Crippen molar-refractivity contribution in [3.05, 3.63) is 85.1 Å². The summed E-state index contributed by atoms with van der Waals surface area (Å²) in [6.07, 6.45) is 1.86. The minimum absolute atomic E-state index is 0.994. The Bertz CT molecular complexity index is 1380. The van der Waals surface area contributed by atoms with Crippen LogP contribution in [0.15, 0.2) is 85.1 Å². The molecule has 0 aliphatic carbocycles. The van der Waals surface area contributed by atoms with Crippen molar-refractivity contribution in [2.24, 2.45) is 0 Å². The summed E-state index contributed by atoms with van der Waals surface area (Å²) < 4.78 is 15.4. The predicted octanol–water partition coefficient (Wildman–Crippen LogP) is 2.66. The molecule has 0 spiro atoms. The van der Waals surface area contributed by atoms with Gasteiger partial charge in [0.05, 0.1) is 5.69 Å². The summed E-state index contributed by atoms with van der Waals surface area (Å²) >= 11 is 0. The van der Waals surface area contributed by atoms with E-state index in [-0.39, 0.29) is 0 Å². The Kier molecular flexibility index (Phi) is 4.09. The number of nitrogens with zero attached hydrogens (tertiary/aromatic N) is 1. The Morgan fingerprint density at radius 1 is 0.656 bits per heavy atom. The molecule has 2 aliphatic heterocycles. The van der Waals surface area contributed by atoms with Gasteiger partial charge in [-0.1, -0.05) is 92.9 Å². The molecule has 5 heteroatoms. The summed E-state index contributed by atoms with van der Waals surface area (Å²) in [6, 6.07) is 27.9. The highest BCUT2D eigenvalue weighted by Crippen LogP contribution is 2.46. The van der Waals surface area contributed by atoms with Crippen LogP contribution in [0.2, 0.25) is 26.2 Å². The number of pyridine rings is 1. The van der Waals surface area contributed by atoms with Crippen LogP contribution in [0.25, 0.3) is 11.3 Å². The zero-order chi connectivity index (χ0) is 22.3. The van der Waals surface area contributed by atoms with Gasteiger partial charge in [-0.3, -0.25) is 4.98 Å². The second kappa shape index (κ2) is 6.51. The van der Waals surface area contributed by atoms with E-state index in [1.165, 1.54) is 26.1 Å². The number of hydrogen-bond donors (Lipinski definition) is 0. The Labute approximate surface area is 191 Å². The van der Waals surface area contributed by atoms with Crippen LogP contribution in [0.1, 0.15) is 0 Å². The standard InChI is InChI=1S/C27H26NOPSi2/c1-31(2)23-14-7-5-12-21(23)30(29)22-13-6-8-15-24(22)32(3,4)26-18-19(17-25(31)27(26)30)20-11-9-10-16-28-20/h5-18H,1-4H3. The van der Waals surface area contributed by atoms with E-state index >= 15 is 4.57 Å². The first-order chi connectivity index (χ1) is 15.3. The first-order valence-electron chi connectivity index (χ1n) is 11.2. The van der Waals surface area contributed by atoms with E-state index in [9.17, 15) is 0 Å². The number of hydrogen-bond acceptors (Lipinski definition) is 2. The van der Waals surface area contributed by atoms with E-state index < -0.39 is 23.3 Å². The Morgan fingerprint density at radius 3 is 1.66 bits per heavy atom. The van der Waals surface area contributed by atoms with E-state index in [2.05, 4.69) is 97.9 Å². The highest BCUT2D eigenvalue weighted by molar-refractivity contribution is 7.88. The number of aromatic nitrogens is 1. The molecule has 158 valence electrons.